The van der Waals surface area contributed by atoms with Crippen molar-refractivity contribution in [1.29, 1.82) is 0 Å². The summed E-state index contributed by atoms with van der Waals surface area (Å²) in [6.07, 6.45) is 3.90. The van der Waals surface area contributed by atoms with Crippen molar-refractivity contribution in [3.05, 3.63) is 71.7 Å². The lowest BCUT2D eigenvalue weighted by Crippen LogP contribution is -3.12. The van der Waals surface area contributed by atoms with Gasteiger partial charge in [-0.2, -0.15) is 0 Å². The molecular weight excluding hydrogens is 395 g/mol. The van der Waals surface area contributed by atoms with Gasteiger partial charge in [-0.25, -0.2) is 9.29 Å². The normalized spacial score (nSPS) is 29.0. The summed E-state index contributed by atoms with van der Waals surface area (Å²) in [5, 5.41) is 0. The van der Waals surface area contributed by atoms with Gasteiger partial charge in [-0.05, 0) is 35.9 Å². The number of fused-ring (bicyclic) bond motifs is 5. The molecule has 2 aromatic rings. The van der Waals surface area contributed by atoms with Gasteiger partial charge in [0.25, 0.3) is 0 Å². The largest absolute Gasteiger partial charge is 0.292 e. The number of Topliss-reactive ketones (excluding diaryl/α,β-unsaturated/α-hetero) is 1. The summed E-state index contributed by atoms with van der Waals surface area (Å²) in [4.78, 5) is 42.8. The van der Waals surface area contributed by atoms with Crippen LogP contribution >= 0.6 is 0 Å². The molecule has 5 atom stereocenters. The molecule has 31 heavy (non-hydrogen) atoms. The lowest BCUT2D eigenvalue weighted by atomic mass is 9.79. The first-order valence-electron chi connectivity index (χ1n) is 10.5. The summed E-state index contributed by atoms with van der Waals surface area (Å²) in [5.41, 5.74) is 1.66. The molecule has 0 aliphatic carbocycles. The Labute approximate surface area is 180 Å². The van der Waals surface area contributed by atoms with Crippen LogP contribution in [0, 0.1) is 23.1 Å². The average Bonchev–Trinajstić information content (AvgIpc) is 3.20. The SMILES string of the molecule is CC(C)(C)C(=O)[C@H]1[C@@H]2C(=O)N(c3ccc(F)cc3)C(=O)[C@@H]2[C@H]2c3ccccc3C=C[NH+]21. The van der Waals surface area contributed by atoms with Crippen molar-refractivity contribution in [3.63, 3.8) is 0 Å². The summed E-state index contributed by atoms with van der Waals surface area (Å²) < 4.78 is 13.4. The van der Waals surface area contributed by atoms with Crippen LogP contribution in [0.25, 0.3) is 6.08 Å². The summed E-state index contributed by atoms with van der Waals surface area (Å²) >= 11 is 0. The molecule has 0 radical (unpaired) electrons. The Balaban J connectivity index is 1.66. The Morgan fingerprint density at radius 3 is 2.29 bits per heavy atom. The van der Waals surface area contributed by atoms with Gasteiger partial charge in [-0.3, -0.25) is 19.3 Å². The summed E-state index contributed by atoms with van der Waals surface area (Å²) in [6, 6.07) is 12.2. The van der Waals surface area contributed by atoms with Gasteiger partial charge in [0.2, 0.25) is 11.8 Å². The van der Waals surface area contributed by atoms with Crippen molar-refractivity contribution < 1.29 is 23.7 Å². The first-order chi connectivity index (χ1) is 14.7. The first kappa shape index (κ1) is 19.8. The number of quaternary nitrogens is 1. The lowest BCUT2D eigenvalue weighted by molar-refractivity contribution is -0.885. The zero-order chi connectivity index (χ0) is 22.1. The van der Waals surface area contributed by atoms with Gasteiger partial charge < -0.3 is 0 Å². The van der Waals surface area contributed by atoms with Crippen LogP contribution in [0.5, 0.6) is 0 Å². The highest BCUT2D eigenvalue weighted by Gasteiger charge is 2.68. The molecule has 2 fully saturated rings. The predicted octanol–water partition coefficient (Wildman–Crippen LogP) is 2.54. The predicted molar refractivity (Wildman–Crippen MR) is 113 cm³/mol. The number of carbonyl (C=O) groups is 3. The highest BCUT2D eigenvalue weighted by Crippen LogP contribution is 2.45. The van der Waals surface area contributed by atoms with E-state index in [0.717, 1.165) is 20.9 Å². The molecule has 3 aliphatic heterocycles. The van der Waals surface area contributed by atoms with Crippen LogP contribution < -0.4 is 9.80 Å². The molecule has 1 N–H and O–H groups in total. The molecule has 0 spiro atoms. The highest BCUT2D eigenvalue weighted by molar-refractivity contribution is 6.23. The fourth-order valence-corrected chi connectivity index (χ4v) is 5.36. The van der Waals surface area contributed by atoms with Crippen molar-refractivity contribution >= 4 is 29.4 Å². The number of halogens is 1. The Morgan fingerprint density at radius 2 is 1.61 bits per heavy atom. The smallest absolute Gasteiger partial charge is 0.244 e. The molecule has 5 rings (SSSR count). The quantitative estimate of drug-likeness (QED) is 0.762. The fourth-order valence-electron chi connectivity index (χ4n) is 5.36. The third kappa shape index (κ3) is 2.82. The summed E-state index contributed by atoms with van der Waals surface area (Å²) in [5.74, 6) is -2.57. The third-order valence-electron chi connectivity index (χ3n) is 6.73. The van der Waals surface area contributed by atoms with Crippen LogP contribution in [0.15, 0.2) is 54.7 Å². The second-order valence-electron chi connectivity index (χ2n) is 9.57. The number of nitrogens with one attached hydrogen (secondary N) is 1. The molecule has 2 aromatic carbocycles. The van der Waals surface area contributed by atoms with E-state index in [2.05, 4.69) is 0 Å². The zero-order valence-electron chi connectivity index (χ0n) is 17.6. The Hall–Kier alpha value is -3.12. The van der Waals surface area contributed by atoms with Crippen LogP contribution in [0.4, 0.5) is 10.1 Å². The van der Waals surface area contributed by atoms with Crippen molar-refractivity contribution in [2.75, 3.05) is 4.90 Å². The molecule has 3 heterocycles. The third-order valence-corrected chi connectivity index (χ3v) is 6.73. The molecule has 0 bridgehead atoms. The molecule has 3 aliphatic rings. The Kier molecular flexibility index (Phi) is 4.28. The molecule has 6 heteroatoms. The number of anilines is 1. The lowest BCUT2D eigenvalue weighted by Gasteiger charge is -2.32. The Bertz CT molecular complexity index is 1130. The Morgan fingerprint density at radius 1 is 0.968 bits per heavy atom. The molecular formula is C25H24FN2O3+. The van der Waals surface area contributed by atoms with Crippen LogP contribution in [-0.4, -0.2) is 23.6 Å². The maximum atomic E-state index is 13.6. The maximum absolute atomic E-state index is 13.6. The summed E-state index contributed by atoms with van der Waals surface area (Å²) in [7, 11) is 0. The van der Waals surface area contributed by atoms with E-state index >= 15 is 0 Å². The number of hydrogen-bond donors (Lipinski definition) is 1. The number of ketones is 1. The second-order valence-corrected chi connectivity index (χ2v) is 9.57. The van der Waals surface area contributed by atoms with Crippen LogP contribution in [0.3, 0.4) is 0 Å². The molecule has 0 aromatic heterocycles. The van der Waals surface area contributed by atoms with Gasteiger partial charge in [-0.1, -0.05) is 45.0 Å². The van der Waals surface area contributed by atoms with Gasteiger partial charge in [0, 0.05) is 11.0 Å². The van der Waals surface area contributed by atoms with Crippen LogP contribution in [0.1, 0.15) is 37.9 Å². The van der Waals surface area contributed by atoms with Crippen LogP contribution in [-0.2, 0) is 14.4 Å². The van der Waals surface area contributed by atoms with Crippen molar-refractivity contribution in [3.8, 4) is 0 Å². The second kappa shape index (κ2) is 6.69. The highest BCUT2D eigenvalue weighted by atomic mass is 19.1. The van der Waals surface area contributed by atoms with Crippen molar-refractivity contribution in [1.82, 2.24) is 0 Å². The number of nitrogens with zero attached hydrogens (tertiary/aromatic N) is 1. The molecule has 2 amide bonds. The number of amides is 2. The number of hydrogen-bond acceptors (Lipinski definition) is 3. The standard InChI is InChI=1S/C25H23FN2O3/c1-25(2,3)22(29)21-19-18(20-17-7-5-4-6-14(17)12-13-27(20)21)23(30)28(24(19)31)16-10-8-15(26)9-11-16/h4-13,18-21H,1-3H3/p+1/t18-,19+,20+,21+/m0/s1. The van der Waals surface area contributed by atoms with E-state index < -0.39 is 29.1 Å². The molecule has 2 saturated heterocycles. The van der Waals surface area contributed by atoms with Gasteiger partial charge >= 0.3 is 0 Å². The van der Waals surface area contributed by atoms with Gasteiger partial charge in [0.1, 0.15) is 23.7 Å². The minimum absolute atomic E-state index is 0.0360. The number of rotatable bonds is 2. The van der Waals surface area contributed by atoms with E-state index in [1.807, 2.05) is 57.3 Å². The molecule has 158 valence electrons. The van der Waals surface area contributed by atoms with E-state index in [4.69, 9.17) is 0 Å². The van der Waals surface area contributed by atoms with E-state index in [-0.39, 0.29) is 23.6 Å². The van der Waals surface area contributed by atoms with E-state index in [1.54, 1.807) is 0 Å². The van der Waals surface area contributed by atoms with E-state index in [9.17, 15) is 18.8 Å². The number of carbonyl (C=O) groups excluding carboxylic acids is 3. The van der Waals surface area contributed by atoms with Crippen molar-refractivity contribution in [2.45, 2.75) is 32.9 Å². The fraction of sp³-hybridized carbons (Fsp3) is 0.320. The summed E-state index contributed by atoms with van der Waals surface area (Å²) in [6.45, 7) is 5.53. The van der Waals surface area contributed by atoms with E-state index in [1.165, 1.54) is 24.3 Å². The molecule has 0 saturated carbocycles. The topological polar surface area (TPSA) is 58.9 Å². The van der Waals surface area contributed by atoms with E-state index in [0.29, 0.717) is 5.69 Å². The van der Waals surface area contributed by atoms with Gasteiger partial charge in [0.05, 0.1) is 11.9 Å². The minimum atomic E-state index is -0.750. The average molecular weight is 419 g/mol. The monoisotopic (exact) mass is 419 g/mol. The first-order valence-corrected chi connectivity index (χ1v) is 10.5. The van der Waals surface area contributed by atoms with Crippen molar-refractivity contribution in [2.24, 2.45) is 17.3 Å². The maximum Gasteiger partial charge on any atom is 0.244 e. The molecule has 5 nitrogen and oxygen atoms in total. The number of imide groups is 1. The zero-order valence-corrected chi connectivity index (χ0v) is 17.6. The van der Waals surface area contributed by atoms with Gasteiger partial charge in [0.15, 0.2) is 11.8 Å². The molecule has 1 unspecified atom stereocenters. The number of benzene rings is 2. The van der Waals surface area contributed by atoms with Gasteiger partial charge in [-0.15, -0.1) is 0 Å². The van der Waals surface area contributed by atoms with Crippen LogP contribution in [0.2, 0.25) is 0 Å². The minimum Gasteiger partial charge on any atom is -0.292 e.